The summed E-state index contributed by atoms with van der Waals surface area (Å²) in [6.07, 6.45) is 0.902. The molecule has 0 amide bonds. The largest absolute Gasteiger partial charge is 0.385 e. The first-order chi connectivity index (χ1) is 6.83. The molecule has 0 aromatic carbocycles. The van der Waals surface area contributed by atoms with Gasteiger partial charge < -0.3 is 15.2 Å². The van der Waals surface area contributed by atoms with E-state index >= 15 is 0 Å². The second kappa shape index (κ2) is 6.34. The Labute approximate surface area is 84.0 Å². The maximum absolute atomic E-state index is 5.52. The van der Waals surface area contributed by atoms with Crippen molar-refractivity contribution in [2.45, 2.75) is 13.0 Å². The molecule has 4 heteroatoms. The fourth-order valence-corrected chi connectivity index (χ4v) is 1.06. The average molecular weight is 196 g/mol. The van der Waals surface area contributed by atoms with Crippen LogP contribution < -0.4 is 5.73 Å². The van der Waals surface area contributed by atoms with Crippen molar-refractivity contribution in [1.82, 2.24) is 4.98 Å². The van der Waals surface area contributed by atoms with Gasteiger partial charge in [-0.15, -0.1) is 0 Å². The Hall–Kier alpha value is -1.13. The third kappa shape index (κ3) is 4.20. The topological polar surface area (TPSA) is 57.4 Å². The predicted molar refractivity (Wildman–Crippen MR) is 54.8 cm³/mol. The maximum Gasteiger partial charge on any atom is 0.123 e. The highest BCUT2D eigenvalue weighted by Gasteiger charge is 1.95. The van der Waals surface area contributed by atoms with Gasteiger partial charge in [-0.1, -0.05) is 6.07 Å². The van der Waals surface area contributed by atoms with Crippen LogP contribution in [0.4, 0.5) is 5.82 Å². The average Bonchev–Trinajstić information content (AvgIpc) is 2.18. The summed E-state index contributed by atoms with van der Waals surface area (Å²) in [7, 11) is 1.68. The van der Waals surface area contributed by atoms with E-state index < -0.39 is 0 Å². The zero-order valence-corrected chi connectivity index (χ0v) is 8.40. The fraction of sp³-hybridized carbons (Fsp3) is 0.500. The van der Waals surface area contributed by atoms with Crippen LogP contribution in [0.15, 0.2) is 18.2 Å². The first-order valence-electron chi connectivity index (χ1n) is 4.61. The third-order valence-electron chi connectivity index (χ3n) is 1.72. The number of nitrogen functional groups attached to an aromatic ring is 1. The molecule has 0 aliphatic heterocycles. The summed E-state index contributed by atoms with van der Waals surface area (Å²) < 4.78 is 10.3. The quantitative estimate of drug-likeness (QED) is 0.695. The van der Waals surface area contributed by atoms with Crippen LogP contribution in [0.25, 0.3) is 0 Å². The molecule has 0 fully saturated rings. The number of aromatic nitrogens is 1. The number of methoxy groups -OCH3 is 1. The minimum Gasteiger partial charge on any atom is -0.385 e. The molecule has 0 aliphatic rings. The molecule has 0 saturated heterocycles. The Morgan fingerprint density at radius 1 is 1.36 bits per heavy atom. The van der Waals surface area contributed by atoms with Crippen LogP contribution in [-0.2, 0) is 16.1 Å². The monoisotopic (exact) mass is 196 g/mol. The summed E-state index contributed by atoms with van der Waals surface area (Å²) >= 11 is 0. The van der Waals surface area contributed by atoms with Crippen LogP contribution in [0.1, 0.15) is 12.1 Å². The lowest BCUT2D eigenvalue weighted by atomic mass is 10.3. The molecule has 4 nitrogen and oxygen atoms in total. The smallest absolute Gasteiger partial charge is 0.123 e. The number of ether oxygens (including phenoxy) is 2. The summed E-state index contributed by atoms with van der Waals surface area (Å²) in [6.45, 7) is 1.92. The number of hydrogen-bond acceptors (Lipinski definition) is 4. The highest BCUT2D eigenvalue weighted by molar-refractivity contribution is 5.28. The molecule has 1 heterocycles. The minimum absolute atomic E-state index is 0.509. The summed E-state index contributed by atoms with van der Waals surface area (Å²) in [5.41, 5.74) is 6.39. The van der Waals surface area contributed by atoms with Crippen LogP contribution in [0, 0.1) is 0 Å². The Kier molecular flexibility index (Phi) is 4.96. The molecule has 0 spiro atoms. The number of pyridine rings is 1. The Morgan fingerprint density at radius 2 is 2.21 bits per heavy atom. The Balaban J connectivity index is 2.18. The normalized spacial score (nSPS) is 10.4. The van der Waals surface area contributed by atoms with Gasteiger partial charge in [0.2, 0.25) is 0 Å². The number of nitrogens with two attached hydrogens (primary N) is 1. The van der Waals surface area contributed by atoms with Crippen LogP contribution in [-0.4, -0.2) is 25.3 Å². The molecule has 0 unspecified atom stereocenters. The minimum atomic E-state index is 0.509. The first-order valence-corrected chi connectivity index (χ1v) is 4.61. The zero-order valence-electron chi connectivity index (χ0n) is 8.40. The van der Waals surface area contributed by atoms with Crippen molar-refractivity contribution in [2.24, 2.45) is 0 Å². The van der Waals surface area contributed by atoms with Crippen molar-refractivity contribution in [3.8, 4) is 0 Å². The van der Waals surface area contributed by atoms with Gasteiger partial charge in [0.25, 0.3) is 0 Å². The molecular weight excluding hydrogens is 180 g/mol. The lowest BCUT2D eigenvalue weighted by molar-refractivity contribution is 0.0911. The van der Waals surface area contributed by atoms with E-state index in [1.807, 2.05) is 12.1 Å². The van der Waals surface area contributed by atoms with E-state index in [1.165, 1.54) is 0 Å². The molecule has 0 atom stereocenters. The summed E-state index contributed by atoms with van der Waals surface area (Å²) in [5.74, 6) is 0.531. The molecule has 14 heavy (non-hydrogen) atoms. The van der Waals surface area contributed by atoms with Gasteiger partial charge in [-0.05, 0) is 18.6 Å². The van der Waals surface area contributed by atoms with Gasteiger partial charge in [0, 0.05) is 20.3 Å². The van der Waals surface area contributed by atoms with Crippen molar-refractivity contribution < 1.29 is 9.47 Å². The standard InChI is InChI=1S/C10H16N2O2/c1-13-6-3-7-14-8-9-4-2-5-10(11)12-9/h2,4-5H,3,6-8H2,1H3,(H2,11,12). The molecular formula is C10H16N2O2. The van der Waals surface area contributed by atoms with Crippen molar-refractivity contribution in [3.63, 3.8) is 0 Å². The van der Waals surface area contributed by atoms with Crippen LogP contribution in [0.5, 0.6) is 0 Å². The highest BCUT2D eigenvalue weighted by atomic mass is 16.5. The third-order valence-corrected chi connectivity index (χ3v) is 1.72. The number of anilines is 1. The van der Waals surface area contributed by atoms with Gasteiger partial charge in [-0.25, -0.2) is 4.98 Å². The molecule has 2 N–H and O–H groups in total. The van der Waals surface area contributed by atoms with Gasteiger partial charge in [0.05, 0.1) is 12.3 Å². The van der Waals surface area contributed by atoms with E-state index in [4.69, 9.17) is 15.2 Å². The molecule has 1 aromatic rings. The zero-order chi connectivity index (χ0) is 10.2. The van der Waals surface area contributed by atoms with Gasteiger partial charge >= 0.3 is 0 Å². The Bertz CT molecular complexity index is 266. The molecule has 78 valence electrons. The SMILES string of the molecule is COCCCOCc1cccc(N)n1. The molecule has 0 radical (unpaired) electrons. The maximum atomic E-state index is 5.52. The summed E-state index contributed by atoms with van der Waals surface area (Å²) in [5, 5.41) is 0. The van der Waals surface area contributed by atoms with E-state index in [-0.39, 0.29) is 0 Å². The predicted octanol–water partition coefficient (Wildman–Crippen LogP) is 1.22. The van der Waals surface area contributed by atoms with Gasteiger partial charge in [0.15, 0.2) is 0 Å². The first kappa shape index (κ1) is 10.9. The molecule has 0 aliphatic carbocycles. The van der Waals surface area contributed by atoms with E-state index in [9.17, 15) is 0 Å². The lowest BCUT2D eigenvalue weighted by Gasteiger charge is -2.03. The van der Waals surface area contributed by atoms with Gasteiger partial charge in [-0.3, -0.25) is 0 Å². The van der Waals surface area contributed by atoms with Crippen molar-refractivity contribution >= 4 is 5.82 Å². The highest BCUT2D eigenvalue weighted by Crippen LogP contribution is 2.01. The van der Waals surface area contributed by atoms with Crippen molar-refractivity contribution in [2.75, 3.05) is 26.1 Å². The molecule has 1 rings (SSSR count). The van der Waals surface area contributed by atoms with Crippen LogP contribution in [0.3, 0.4) is 0 Å². The second-order valence-corrected chi connectivity index (χ2v) is 2.95. The van der Waals surface area contributed by atoms with Crippen molar-refractivity contribution in [1.29, 1.82) is 0 Å². The van der Waals surface area contributed by atoms with Gasteiger partial charge in [0.1, 0.15) is 5.82 Å². The number of rotatable bonds is 6. The number of nitrogens with zero attached hydrogens (tertiary/aromatic N) is 1. The van der Waals surface area contributed by atoms with Crippen LogP contribution in [0.2, 0.25) is 0 Å². The number of hydrogen-bond donors (Lipinski definition) is 1. The van der Waals surface area contributed by atoms with E-state index in [0.717, 1.165) is 18.7 Å². The molecule has 1 aromatic heterocycles. The van der Waals surface area contributed by atoms with E-state index in [1.54, 1.807) is 13.2 Å². The summed E-state index contributed by atoms with van der Waals surface area (Å²) in [4.78, 5) is 4.11. The fourth-order valence-electron chi connectivity index (χ4n) is 1.06. The molecule has 0 saturated carbocycles. The van der Waals surface area contributed by atoms with Crippen molar-refractivity contribution in [3.05, 3.63) is 23.9 Å². The summed E-state index contributed by atoms with van der Waals surface area (Å²) in [6, 6.07) is 5.53. The Morgan fingerprint density at radius 3 is 2.93 bits per heavy atom. The lowest BCUT2D eigenvalue weighted by Crippen LogP contribution is -2.01. The van der Waals surface area contributed by atoms with Crippen LogP contribution >= 0.6 is 0 Å². The molecule has 0 bridgehead atoms. The second-order valence-electron chi connectivity index (χ2n) is 2.95. The van der Waals surface area contributed by atoms with Gasteiger partial charge in [-0.2, -0.15) is 0 Å². The van der Waals surface area contributed by atoms with E-state index in [0.29, 0.717) is 19.0 Å². The van der Waals surface area contributed by atoms with E-state index in [2.05, 4.69) is 4.98 Å².